The predicted molar refractivity (Wildman–Crippen MR) is 109 cm³/mol. The molecule has 4 nitrogen and oxygen atoms in total. The Hall–Kier alpha value is -1.75. The highest BCUT2D eigenvalue weighted by Crippen LogP contribution is 2.26. The molecule has 1 unspecified atom stereocenters. The second-order valence-electron chi connectivity index (χ2n) is 7.50. The molecule has 2 amide bonds. The molecule has 1 aliphatic rings. The van der Waals surface area contributed by atoms with Gasteiger partial charge in [-0.25, -0.2) is 0 Å². The van der Waals surface area contributed by atoms with Gasteiger partial charge in [-0.05, 0) is 31.4 Å². The molecule has 0 spiro atoms. The zero-order valence-corrected chi connectivity index (χ0v) is 17.3. The topological polar surface area (TPSA) is 49.4 Å². The molecule has 0 aliphatic carbocycles. The van der Waals surface area contributed by atoms with Crippen LogP contribution in [0.4, 0.5) is 0 Å². The van der Waals surface area contributed by atoms with Crippen molar-refractivity contribution in [2.24, 2.45) is 0 Å². The molecule has 1 atom stereocenters. The van der Waals surface area contributed by atoms with Crippen molar-refractivity contribution in [1.82, 2.24) is 10.2 Å². The SMILES string of the molecule is CC/C=C(/C)C(=O)N1CSCC1C(=O)NCC(C)(C)c1ccccc1C. The van der Waals surface area contributed by atoms with Crippen LogP contribution in [0.2, 0.25) is 0 Å². The van der Waals surface area contributed by atoms with Crippen LogP contribution in [0.15, 0.2) is 35.9 Å². The minimum absolute atomic E-state index is 0.0323. The van der Waals surface area contributed by atoms with E-state index in [2.05, 4.69) is 38.2 Å². The van der Waals surface area contributed by atoms with E-state index in [9.17, 15) is 9.59 Å². The molecule has 0 aromatic heterocycles. The number of allylic oxidation sites excluding steroid dienone is 1. The summed E-state index contributed by atoms with van der Waals surface area (Å²) in [5.41, 5.74) is 3.00. The first-order chi connectivity index (χ1) is 12.3. The number of benzene rings is 1. The number of hydrogen-bond donors (Lipinski definition) is 1. The number of aryl methyl sites for hydroxylation is 1. The molecule has 1 aromatic carbocycles. The largest absolute Gasteiger partial charge is 0.353 e. The highest BCUT2D eigenvalue weighted by molar-refractivity contribution is 7.99. The Bertz CT molecular complexity index is 697. The Labute approximate surface area is 161 Å². The summed E-state index contributed by atoms with van der Waals surface area (Å²) < 4.78 is 0. The van der Waals surface area contributed by atoms with Crippen LogP contribution < -0.4 is 5.32 Å². The maximum Gasteiger partial charge on any atom is 0.250 e. The maximum absolute atomic E-state index is 12.8. The number of rotatable bonds is 6. The van der Waals surface area contributed by atoms with Gasteiger partial charge in [-0.3, -0.25) is 9.59 Å². The molecule has 1 N–H and O–H groups in total. The van der Waals surface area contributed by atoms with Crippen LogP contribution in [-0.4, -0.2) is 40.9 Å². The van der Waals surface area contributed by atoms with Gasteiger partial charge in [-0.1, -0.05) is 51.1 Å². The van der Waals surface area contributed by atoms with Crippen LogP contribution in [0, 0.1) is 6.92 Å². The fourth-order valence-corrected chi connectivity index (χ4v) is 4.49. The lowest BCUT2D eigenvalue weighted by Gasteiger charge is -2.29. The van der Waals surface area contributed by atoms with E-state index in [0.29, 0.717) is 23.7 Å². The summed E-state index contributed by atoms with van der Waals surface area (Å²) in [4.78, 5) is 27.0. The van der Waals surface area contributed by atoms with Crippen LogP contribution in [-0.2, 0) is 15.0 Å². The molecule has 2 rings (SSSR count). The summed E-state index contributed by atoms with van der Waals surface area (Å²) in [6, 6.07) is 7.87. The van der Waals surface area contributed by atoms with Gasteiger partial charge >= 0.3 is 0 Å². The zero-order chi connectivity index (χ0) is 19.3. The van der Waals surface area contributed by atoms with Crippen LogP contribution in [0.25, 0.3) is 0 Å². The summed E-state index contributed by atoms with van der Waals surface area (Å²) >= 11 is 1.63. The fourth-order valence-electron chi connectivity index (χ4n) is 3.33. The molecule has 142 valence electrons. The molecular formula is C21H30N2O2S. The first-order valence-electron chi connectivity index (χ1n) is 9.17. The van der Waals surface area contributed by atoms with Gasteiger partial charge in [0.15, 0.2) is 0 Å². The third-order valence-electron chi connectivity index (χ3n) is 4.87. The molecule has 0 saturated carbocycles. The number of thioether (sulfide) groups is 1. The van der Waals surface area contributed by atoms with Gasteiger partial charge in [0.1, 0.15) is 6.04 Å². The van der Waals surface area contributed by atoms with Gasteiger partial charge < -0.3 is 10.2 Å². The van der Waals surface area contributed by atoms with Crippen LogP contribution in [0.3, 0.4) is 0 Å². The number of carbonyl (C=O) groups is 2. The van der Waals surface area contributed by atoms with Gasteiger partial charge in [0.05, 0.1) is 5.88 Å². The second kappa shape index (κ2) is 8.76. The van der Waals surface area contributed by atoms with Gasteiger partial charge in [0.2, 0.25) is 5.91 Å². The molecule has 1 saturated heterocycles. The smallest absolute Gasteiger partial charge is 0.250 e. The highest BCUT2D eigenvalue weighted by Gasteiger charge is 2.35. The van der Waals surface area contributed by atoms with E-state index in [-0.39, 0.29) is 23.3 Å². The average molecular weight is 375 g/mol. The van der Waals surface area contributed by atoms with Gasteiger partial charge in [-0.2, -0.15) is 0 Å². The van der Waals surface area contributed by atoms with Gasteiger partial charge in [-0.15, -0.1) is 11.8 Å². The number of carbonyl (C=O) groups excluding carboxylic acids is 2. The molecule has 0 bridgehead atoms. The minimum atomic E-state index is -0.389. The number of hydrogen-bond acceptors (Lipinski definition) is 3. The maximum atomic E-state index is 12.8. The molecule has 1 aromatic rings. The highest BCUT2D eigenvalue weighted by atomic mass is 32.2. The van der Waals surface area contributed by atoms with Gasteiger partial charge in [0, 0.05) is 23.3 Å². The molecule has 1 heterocycles. The number of nitrogens with zero attached hydrogens (tertiary/aromatic N) is 1. The van der Waals surface area contributed by atoms with Crippen molar-refractivity contribution in [2.45, 2.75) is 52.5 Å². The van der Waals surface area contributed by atoms with Crippen LogP contribution in [0.5, 0.6) is 0 Å². The molecule has 26 heavy (non-hydrogen) atoms. The van der Waals surface area contributed by atoms with Crippen molar-refractivity contribution in [3.8, 4) is 0 Å². The normalized spacial score (nSPS) is 18.1. The fraction of sp³-hybridized carbons (Fsp3) is 0.524. The molecular weight excluding hydrogens is 344 g/mol. The van der Waals surface area contributed by atoms with E-state index < -0.39 is 0 Å². The lowest BCUT2D eigenvalue weighted by molar-refractivity contribution is -0.135. The Morgan fingerprint density at radius 1 is 1.35 bits per heavy atom. The quantitative estimate of drug-likeness (QED) is 0.773. The van der Waals surface area contributed by atoms with E-state index in [0.717, 1.165) is 6.42 Å². The van der Waals surface area contributed by atoms with Crippen molar-refractivity contribution in [3.63, 3.8) is 0 Å². The standard InChI is InChI=1S/C21H30N2O2S/c1-6-9-16(3)20(25)23-14-26-12-18(23)19(24)22-13-21(4,5)17-11-8-7-10-15(17)2/h7-11,18H,6,12-14H2,1-5H3,(H,22,24)/b16-9-. The lowest BCUT2D eigenvalue weighted by Crippen LogP contribution is -2.49. The summed E-state index contributed by atoms with van der Waals surface area (Å²) in [5.74, 6) is 1.14. The molecule has 0 radical (unpaired) electrons. The number of amides is 2. The molecule has 5 heteroatoms. The van der Waals surface area contributed by atoms with E-state index >= 15 is 0 Å². The van der Waals surface area contributed by atoms with Crippen LogP contribution >= 0.6 is 11.8 Å². The van der Waals surface area contributed by atoms with E-state index in [4.69, 9.17) is 0 Å². The van der Waals surface area contributed by atoms with E-state index in [1.165, 1.54) is 11.1 Å². The van der Waals surface area contributed by atoms with Crippen molar-refractivity contribution in [1.29, 1.82) is 0 Å². The Morgan fingerprint density at radius 2 is 2.04 bits per heavy atom. The molecule has 1 aliphatic heterocycles. The van der Waals surface area contributed by atoms with Gasteiger partial charge in [0.25, 0.3) is 5.91 Å². The van der Waals surface area contributed by atoms with Crippen LogP contribution in [0.1, 0.15) is 45.2 Å². The Morgan fingerprint density at radius 3 is 2.69 bits per heavy atom. The minimum Gasteiger partial charge on any atom is -0.353 e. The van der Waals surface area contributed by atoms with Crippen molar-refractivity contribution in [2.75, 3.05) is 18.2 Å². The zero-order valence-electron chi connectivity index (χ0n) is 16.5. The monoisotopic (exact) mass is 374 g/mol. The Balaban J connectivity index is 2.04. The lowest BCUT2D eigenvalue weighted by atomic mass is 9.82. The Kier molecular flexibility index (Phi) is 6.93. The predicted octanol–water partition coefficient (Wildman–Crippen LogP) is 3.65. The van der Waals surface area contributed by atoms with Crippen molar-refractivity contribution >= 4 is 23.6 Å². The summed E-state index contributed by atoms with van der Waals surface area (Å²) in [7, 11) is 0. The summed E-state index contributed by atoms with van der Waals surface area (Å²) in [6.45, 7) is 10.7. The third-order valence-corrected chi connectivity index (χ3v) is 5.88. The third kappa shape index (κ3) is 4.70. The second-order valence-corrected chi connectivity index (χ2v) is 8.50. The van der Waals surface area contributed by atoms with E-state index in [1.54, 1.807) is 16.7 Å². The first kappa shape index (κ1) is 20.6. The van der Waals surface area contributed by atoms with E-state index in [1.807, 2.05) is 32.1 Å². The summed E-state index contributed by atoms with van der Waals surface area (Å²) in [6.07, 6.45) is 2.74. The summed E-state index contributed by atoms with van der Waals surface area (Å²) in [5, 5.41) is 3.08. The van der Waals surface area contributed by atoms with Crippen molar-refractivity contribution < 1.29 is 9.59 Å². The molecule has 1 fully saturated rings. The van der Waals surface area contributed by atoms with Crippen molar-refractivity contribution in [3.05, 3.63) is 47.0 Å². The number of nitrogens with one attached hydrogen (secondary N) is 1. The first-order valence-corrected chi connectivity index (χ1v) is 10.3. The average Bonchev–Trinajstić information content (AvgIpc) is 3.09.